The van der Waals surface area contributed by atoms with Crippen LogP contribution in [-0.4, -0.2) is 47.6 Å². The standard InChI is InChI=1S/C24H26N6O/c1-16-11-22(27-14-18(16)13-25)30-9-7-29(8-10-30)15-17-4-5-19-21(12-17)28-24(31)20-3-2-6-26-23(19)20/h4-5,11-12,14,26H,2-3,6-10,15H2,1H3,(H,28,31). The zero-order chi connectivity index (χ0) is 21.4. The molecule has 3 aromatic rings. The maximum atomic E-state index is 12.5. The van der Waals surface area contributed by atoms with Gasteiger partial charge in [-0.3, -0.25) is 9.69 Å². The van der Waals surface area contributed by atoms with Gasteiger partial charge in [-0.2, -0.15) is 5.26 Å². The smallest absolute Gasteiger partial charge is 0.253 e. The maximum Gasteiger partial charge on any atom is 0.253 e. The van der Waals surface area contributed by atoms with E-state index < -0.39 is 0 Å². The molecule has 0 spiro atoms. The van der Waals surface area contributed by atoms with Crippen LogP contribution in [0, 0.1) is 18.3 Å². The van der Waals surface area contributed by atoms with Crippen LogP contribution < -0.4 is 15.8 Å². The highest BCUT2D eigenvalue weighted by molar-refractivity contribution is 5.93. The molecule has 0 saturated carbocycles. The number of nitrogens with one attached hydrogen (secondary N) is 2. The number of pyridine rings is 2. The number of aromatic nitrogens is 2. The van der Waals surface area contributed by atoms with Gasteiger partial charge in [-0.05, 0) is 43.0 Å². The van der Waals surface area contributed by atoms with E-state index in [9.17, 15) is 4.79 Å². The van der Waals surface area contributed by atoms with Crippen LogP contribution in [0.25, 0.3) is 10.9 Å². The summed E-state index contributed by atoms with van der Waals surface area (Å²) in [6.07, 6.45) is 3.51. The van der Waals surface area contributed by atoms with Gasteiger partial charge >= 0.3 is 0 Å². The molecule has 0 bridgehead atoms. The highest BCUT2D eigenvalue weighted by Gasteiger charge is 2.20. The van der Waals surface area contributed by atoms with Crippen LogP contribution in [0.4, 0.5) is 11.5 Å². The van der Waals surface area contributed by atoms with E-state index in [2.05, 4.69) is 49.4 Å². The Morgan fingerprint density at radius 3 is 2.81 bits per heavy atom. The Balaban J connectivity index is 1.28. The molecule has 31 heavy (non-hydrogen) atoms. The molecule has 0 radical (unpaired) electrons. The molecular weight excluding hydrogens is 388 g/mol. The number of fused-ring (bicyclic) bond motifs is 3. The minimum absolute atomic E-state index is 0.0330. The van der Waals surface area contributed by atoms with Crippen molar-refractivity contribution in [2.45, 2.75) is 26.3 Å². The SMILES string of the molecule is Cc1cc(N2CCN(Cc3ccc4c5c(c(=O)[nH]c4c3)CCCN5)CC2)ncc1C#N. The van der Waals surface area contributed by atoms with Gasteiger partial charge in [0.1, 0.15) is 11.9 Å². The van der Waals surface area contributed by atoms with E-state index in [4.69, 9.17) is 5.26 Å². The fourth-order valence-corrected chi connectivity index (χ4v) is 4.63. The van der Waals surface area contributed by atoms with Crippen LogP contribution in [-0.2, 0) is 13.0 Å². The van der Waals surface area contributed by atoms with Crippen LogP contribution in [0.2, 0.25) is 0 Å². The second-order valence-electron chi connectivity index (χ2n) is 8.45. The summed E-state index contributed by atoms with van der Waals surface area (Å²) in [5, 5.41) is 13.6. The summed E-state index contributed by atoms with van der Waals surface area (Å²) in [6.45, 7) is 7.43. The van der Waals surface area contributed by atoms with Gasteiger partial charge in [-0.25, -0.2) is 4.98 Å². The van der Waals surface area contributed by atoms with E-state index in [0.29, 0.717) is 5.56 Å². The van der Waals surface area contributed by atoms with Gasteiger partial charge in [-0.1, -0.05) is 12.1 Å². The van der Waals surface area contributed by atoms with Crippen molar-refractivity contribution in [2.24, 2.45) is 0 Å². The van der Waals surface area contributed by atoms with Crippen LogP contribution in [0.5, 0.6) is 0 Å². The predicted molar refractivity (Wildman–Crippen MR) is 123 cm³/mol. The van der Waals surface area contributed by atoms with Gasteiger partial charge in [-0.15, -0.1) is 0 Å². The third kappa shape index (κ3) is 3.75. The quantitative estimate of drug-likeness (QED) is 0.685. The van der Waals surface area contributed by atoms with Crippen molar-refractivity contribution in [3.63, 3.8) is 0 Å². The van der Waals surface area contributed by atoms with Crippen LogP contribution >= 0.6 is 0 Å². The minimum Gasteiger partial charge on any atom is -0.384 e. The number of hydrogen-bond acceptors (Lipinski definition) is 6. The second-order valence-corrected chi connectivity index (χ2v) is 8.45. The largest absolute Gasteiger partial charge is 0.384 e. The Hall–Kier alpha value is -3.37. The van der Waals surface area contributed by atoms with Gasteiger partial charge in [0.25, 0.3) is 5.56 Å². The number of nitrogens with zero attached hydrogens (tertiary/aromatic N) is 4. The molecule has 0 aliphatic carbocycles. The minimum atomic E-state index is 0.0330. The Labute approximate surface area is 181 Å². The van der Waals surface area contributed by atoms with Gasteiger partial charge < -0.3 is 15.2 Å². The molecule has 0 atom stereocenters. The number of hydrogen-bond donors (Lipinski definition) is 2. The molecule has 4 heterocycles. The number of aromatic amines is 1. The fraction of sp³-hybridized carbons (Fsp3) is 0.375. The molecule has 1 aromatic carbocycles. The average molecular weight is 415 g/mol. The molecule has 7 heteroatoms. The lowest BCUT2D eigenvalue weighted by atomic mass is 10.0. The molecule has 2 N–H and O–H groups in total. The lowest BCUT2D eigenvalue weighted by Crippen LogP contribution is -2.46. The van der Waals surface area contributed by atoms with Crippen LogP contribution in [0.15, 0.2) is 35.3 Å². The summed E-state index contributed by atoms with van der Waals surface area (Å²) < 4.78 is 0. The zero-order valence-corrected chi connectivity index (χ0v) is 17.7. The third-order valence-corrected chi connectivity index (χ3v) is 6.40. The number of piperazine rings is 1. The molecule has 0 unspecified atom stereocenters. The lowest BCUT2D eigenvalue weighted by molar-refractivity contribution is 0.249. The first-order valence-electron chi connectivity index (χ1n) is 10.9. The van der Waals surface area contributed by atoms with E-state index in [1.807, 2.05) is 13.0 Å². The number of anilines is 2. The lowest BCUT2D eigenvalue weighted by Gasteiger charge is -2.35. The normalized spacial score (nSPS) is 16.6. The molecule has 2 aromatic heterocycles. The molecule has 158 valence electrons. The fourth-order valence-electron chi connectivity index (χ4n) is 4.63. The van der Waals surface area contributed by atoms with Gasteiger partial charge in [0.2, 0.25) is 0 Å². The third-order valence-electron chi connectivity index (χ3n) is 6.40. The molecule has 7 nitrogen and oxygen atoms in total. The molecule has 5 rings (SSSR count). The number of nitriles is 1. The first kappa shape index (κ1) is 19.6. The topological polar surface area (TPSA) is 88.1 Å². The molecule has 1 saturated heterocycles. The molecule has 2 aliphatic heterocycles. The molecular formula is C24H26N6O. The van der Waals surface area contributed by atoms with Crippen LogP contribution in [0.1, 0.15) is 28.7 Å². The molecule has 1 fully saturated rings. The maximum absolute atomic E-state index is 12.5. The second kappa shape index (κ2) is 8.05. The predicted octanol–water partition coefficient (Wildman–Crippen LogP) is 2.78. The molecule has 0 amide bonds. The number of H-pyrrole nitrogens is 1. The van der Waals surface area contributed by atoms with Crippen molar-refractivity contribution < 1.29 is 0 Å². The zero-order valence-electron chi connectivity index (χ0n) is 17.7. The van der Waals surface area contributed by atoms with E-state index >= 15 is 0 Å². The highest BCUT2D eigenvalue weighted by atomic mass is 16.1. The number of rotatable bonds is 3. The van der Waals surface area contributed by atoms with Gasteiger partial charge in [0, 0.05) is 56.4 Å². The van der Waals surface area contributed by atoms with Crippen molar-refractivity contribution in [3.05, 3.63) is 63.1 Å². The molecule has 2 aliphatic rings. The van der Waals surface area contributed by atoms with Crippen molar-refractivity contribution >= 4 is 22.4 Å². The number of benzene rings is 1. The van der Waals surface area contributed by atoms with E-state index in [-0.39, 0.29) is 5.56 Å². The van der Waals surface area contributed by atoms with Crippen molar-refractivity contribution in [1.82, 2.24) is 14.9 Å². The Kier molecular flexibility index (Phi) is 5.08. The van der Waals surface area contributed by atoms with Crippen molar-refractivity contribution in [2.75, 3.05) is 42.9 Å². The Morgan fingerprint density at radius 1 is 1.19 bits per heavy atom. The Bertz CT molecular complexity index is 1230. The van der Waals surface area contributed by atoms with Crippen molar-refractivity contribution in [3.8, 4) is 6.07 Å². The Morgan fingerprint density at radius 2 is 2.03 bits per heavy atom. The summed E-state index contributed by atoms with van der Waals surface area (Å²) in [4.78, 5) is 24.7. The first-order chi connectivity index (χ1) is 15.1. The van der Waals surface area contributed by atoms with E-state index in [0.717, 1.165) is 85.6 Å². The van der Waals surface area contributed by atoms with E-state index in [1.54, 1.807) is 6.20 Å². The summed E-state index contributed by atoms with van der Waals surface area (Å²) in [5.41, 5.74) is 5.64. The summed E-state index contributed by atoms with van der Waals surface area (Å²) in [5.74, 6) is 0.941. The number of aryl methyl sites for hydroxylation is 1. The van der Waals surface area contributed by atoms with Gasteiger partial charge in [0.05, 0.1) is 16.8 Å². The monoisotopic (exact) mass is 414 g/mol. The average Bonchev–Trinajstić information content (AvgIpc) is 2.79. The summed E-state index contributed by atoms with van der Waals surface area (Å²) in [6, 6.07) is 10.6. The highest BCUT2D eigenvalue weighted by Crippen LogP contribution is 2.28. The first-order valence-corrected chi connectivity index (χ1v) is 10.9. The van der Waals surface area contributed by atoms with Gasteiger partial charge in [0.15, 0.2) is 0 Å². The summed E-state index contributed by atoms with van der Waals surface area (Å²) in [7, 11) is 0. The van der Waals surface area contributed by atoms with Crippen LogP contribution in [0.3, 0.4) is 0 Å². The van der Waals surface area contributed by atoms with E-state index in [1.165, 1.54) is 5.56 Å². The summed E-state index contributed by atoms with van der Waals surface area (Å²) >= 11 is 0. The van der Waals surface area contributed by atoms with Crippen molar-refractivity contribution in [1.29, 1.82) is 5.26 Å².